The summed E-state index contributed by atoms with van der Waals surface area (Å²) in [6.07, 6.45) is 22.7. The maximum absolute atomic E-state index is 12.4. The van der Waals surface area contributed by atoms with Gasteiger partial charge in [-0.25, -0.2) is 0 Å². The predicted molar refractivity (Wildman–Crippen MR) is 185 cm³/mol. The Morgan fingerprint density at radius 3 is 2.32 bits per heavy atom. The van der Waals surface area contributed by atoms with Crippen molar-refractivity contribution in [2.24, 2.45) is 11.8 Å². The molecule has 2 aromatic carbocycles. The summed E-state index contributed by atoms with van der Waals surface area (Å²) in [5.41, 5.74) is 14.2. The van der Waals surface area contributed by atoms with Crippen molar-refractivity contribution < 1.29 is 4.39 Å². The number of benzene rings is 2. The fourth-order valence-electron chi connectivity index (χ4n) is 8.04. The third kappa shape index (κ3) is 7.72. The molecule has 0 unspecified atom stereocenters. The van der Waals surface area contributed by atoms with E-state index in [1.54, 1.807) is 5.56 Å². The molecular formula is C42H54FN. The first-order chi connectivity index (χ1) is 21.6. The Bertz CT molecular complexity index is 1400. The Kier molecular flexibility index (Phi) is 10.7. The maximum atomic E-state index is 12.4. The SMILES string of the molecule is CCCCc1ncc(C2=C(c3ccc(CC4CCC(CCCCCF)CC4)cc3)c3ccc(C4CC4)cc3CCC2)cc1C. The lowest BCUT2D eigenvalue weighted by atomic mass is 9.77. The van der Waals surface area contributed by atoms with Gasteiger partial charge in [0.1, 0.15) is 0 Å². The molecule has 0 amide bonds. The van der Waals surface area contributed by atoms with Crippen LogP contribution in [0.2, 0.25) is 0 Å². The van der Waals surface area contributed by atoms with Crippen LogP contribution in [-0.4, -0.2) is 11.7 Å². The highest BCUT2D eigenvalue weighted by Gasteiger charge is 2.27. The van der Waals surface area contributed by atoms with Crippen LogP contribution < -0.4 is 0 Å². The van der Waals surface area contributed by atoms with Crippen LogP contribution in [0.15, 0.2) is 54.7 Å². The lowest BCUT2D eigenvalue weighted by Crippen LogP contribution is -2.16. The Balaban J connectivity index is 1.24. The molecule has 0 aliphatic heterocycles. The molecule has 0 spiro atoms. The van der Waals surface area contributed by atoms with Gasteiger partial charge in [-0.05, 0) is 151 Å². The Hall–Kier alpha value is -2.74. The minimum atomic E-state index is -0.152. The second-order valence-corrected chi connectivity index (χ2v) is 14.3. The average molecular weight is 592 g/mol. The number of nitrogens with zero attached hydrogens (tertiary/aromatic N) is 1. The van der Waals surface area contributed by atoms with Crippen LogP contribution in [0.4, 0.5) is 4.39 Å². The quantitative estimate of drug-likeness (QED) is 0.180. The standard InChI is InChI=1S/C42H54FN/c1-3-4-12-41-30(2)26-38(29-44-41)39-11-8-10-37-28-36(34-21-22-34)23-24-40(37)42(39)35-19-17-33(18-20-35)27-32-15-13-31(14-16-32)9-6-5-7-25-43/h17-20,23-24,26,28-29,31-32,34H,3-16,21-22,25,27H2,1-2H3. The van der Waals surface area contributed by atoms with Gasteiger partial charge >= 0.3 is 0 Å². The van der Waals surface area contributed by atoms with Crippen molar-refractivity contribution in [3.05, 3.63) is 99.4 Å². The normalized spacial score (nSPS) is 20.4. The summed E-state index contributed by atoms with van der Waals surface area (Å²) in [7, 11) is 0. The monoisotopic (exact) mass is 591 g/mol. The van der Waals surface area contributed by atoms with E-state index in [2.05, 4.69) is 68.6 Å². The Labute approximate surface area is 266 Å². The number of allylic oxidation sites excluding steroid dienone is 1. The molecule has 0 N–H and O–H groups in total. The van der Waals surface area contributed by atoms with Crippen LogP contribution >= 0.6 is 0 Å². The number of hydrogen-bond donors (Lipinski definition) is 0. The molecule has 1 nitrogen and oxygen atoms in total. The topological polar surface area (TPSA) is 12.9 Å². The fraction of sp³-hybridized carbons (Fsp3) is 0.548. The Morgan fingerprint density at radius 2 is 1.59 bits per heavy atom. The second-order valence-electron chi connectivity index (χ2n) is 14.3. The summed E-state index contributed by atoms with van der Waals surface area (Å²) in [5.74, 6) is 2.46. The summed E-state index contributed by atoms with van der Waals surface area (Å²) in [5, 5.41) is 0. The van der Waals surface area contributed by atoms with Gasteiger partial charge in [-0.3, -0.25) is 9.37 Å². The van der Waals surface area contributed by atoms with Crippen molar-refractivity contribution in [3.63, 3.8) is 0 Å². The number of hydrogen-bond acceptors (Lipinski definition) is 1. The number of alkyl halides is 1. The van der Waals surface area contributed by atoms with E-state index >= 15 is 0 Å². The lowest BCUT2D eigenvalue weighted by Gasteiger charge is -2.28. The van der Waals surface area contributed by atoms with Crippen LogP contribution in [0.3, 0.4) is 0 Å². The van der Waals surface area contributed by atoms with Gasteiger partial charge in [0, 0.05) is 11.9 Å². The van der Waals surface area contributed by atoms with Crippen LogP contribution in [0.5, 0.6) is 0 Å². The van der Waals surface area contributed by atoms with Gasteiger partial charge < -0.3 is 0 Å². The number of unbranched alkanes of at least 4 members (excludes halogenated alkanes) is 3. The number of aromatic nitrogens is 1. The third-order valence-electron chi connectivity index (χ3n) is 10.9. The molecule has 3 aliphatic carbocycles. The van der Waals surface area contributed by atoms with Gasteiger partial charge in [-0.15, -0.1) is 0 Å². The minimum Gasteiger partial charge on any atom is -0.260 e. The maximum Gasteiger partial charge on any atom is 0.0894 e. The molecule has 44 heavy (non-hydrogen) atoms. The molecule has 6 rings (SSSR count). The van der Waals surface area contributed by atoms with Crippen LogP contribution in [0.25, 0.3) is 11.1 Å². The first-order valence-electron chi connectivity index (χ1n) is 18.1. The van der Waals surface area contributed by atoms with Gasteiger partial charge in [0.2, 0.25) is 0 Å². The first kappa shape index (κ1) is 31.3. The predicted octanol–water partition coefficient (Wildman–Crippen LogP) is 11.8. The zero-order valence-electron chi connectivity index (χ0n) is 27.5. The van der Waals surface area contributed by atoms with E-state index in [1.165, 1.54) is 127 Å². The van der Waals surface area contributed by atoms with Crippen molar-refractivity contribution in [3.8, 4) is 0 Å². The highest BCUT2D eigenvalue weighted by molar-refractivity contribution is 5.99. The van der Waals surface area contributed by atoms with Crippen LogP contribution in [-0.2, 0) is 19.3 Å². The van der Waals surface area contributed by atoms with Crippen molar-refractivity contribution in [1.29, 1.82) is 0 Å². The number of halogens is 1. The summed E-state index contributed by atoms with van der Waals surface area (Å²) in [6.45, 7) is 4.36. The summed E-state index contributed by atoms with van der Waals surface area (Å²) >= 11 is 0. The number of pyridine rings is 1. The lowest BCUT2D eigenvalue weighted by molar-refractivity contribution is 0.256. The van der Waals surface area contributed by atoms with E-state index in [0.29, 0.717) is 0 Å². The highest BCUT2D eigenvalue weighted by atomic mass is 19.1. The fourth-order valence-corrected chi connectivity index (χ4v) is 8.04. The van der Waals surface area contributed by atoms with E-state index in [9.17, 15) is 4.39 Å². The molecule has 0 bridgehead atoms. The Morgan fingerprint density at radius 1 is 0.795 bits per heavy atom. The number of fused-ring (bicyclic) bond motifs is 1. The van der Waals surface area contributed by atoms with Gasteiger partial charge in [-0.1, -0.05) is 87.9 Å². The molecule has 3 aromatic rings. The van der Waals surface area contributed by atoms with Crippen molar-refractivity contribution in [2.75, 3.05) is 6.67 Å². The molecular weight excluding hydrogens is 537 g/mol. The van der Waals surface area contributed by atoms with Gasteiger partial charge in [0.25, 0.3) is 0 Å². The number of rotatable bonds is 13. The van der Waals surface area contributed by atoms with Gasteiger partial charge in [0.05, 0.1) is 6.67 Å². The van der Waals surface area contributed by atoms with Crippen molar-refractivity contribution in [2.45, 2.75) is 129 Å². The molecule has 0 radical (unpaired) electrons. The molecule has 3 aliphatic rings. The molecule has 1 aromatic heterocycles. The van der Waals surface area contributed by atoms with Gasteiger partial charge in [-0.2, -0.15) is 0 Å². The minimum absolute atomic E-state index is 0.152. The zero-order chi connectivity index (χ0) is 30.3. The molecule has 0 saturated heterocycles. The third-order valence-corrected chi connectivity index (χ3v) is 10.9. The summed E-state index contributed by atoms with van der Waals surface area (Å²) in [4.78, 5) is 5.01. The highest BCUT2D eigenvalue weighted by Crippen LogP contribution is 2.44. The van der Waals surface area contributed by atoms with Crippen LogP contribution in [0, 0.1) is 18.8 Å². The average Bonchev–Trinajstić information content (AvgIpc) is 3.91. The van der Waals surface area contributed by atoms with E-state index in [0.717, 1.165) is 49.9 Å². The molecule has 2 saturated carbocycles. The molecule has 0 atom stereocenters. The largest absolute Gasteiger partial charge is 0.260 e. The van der Waals surface area contributed by atoms with E-state index in [1.807, 2.05) is 0 Å². The van der Waals surface area contributed by atoms with Gasteiger partial charge in [0.15, 0.2) is 0 Å². The first-order valence-corrected chi connectivity index (χ1v) is 18.1. The second kappa shape index (κ2) is 15.0. The van der Waals surface area contributed by atoms with E-state index in [-0.39, 0.29) is 6.67 Å². The number of aryl methyl sites for hydroxylation is 3. The molecule has 234 valence electrons. The molecule has 2 heteroatoms. The van der Waals surface area contributed by atoms with E-state index < -0.39 is 0 Å². The van der Waals surface area contributed by atoms with Crippen molar-refractivity contribution in [1.82, 2.24) is 4.98 Å². The molecule has 2 fully saturated rings. The zero-order valence-corrected chi connectivity index (χ0v) is 27.5. The van der Waals surface area contributed by atoms with Crippen LogP contribution in [0.1, 0.15) is 147 Å². The summed E-state index contributed by atoms with van der Waals surface area (Å²) < 4.78 is 12.4. The van der Waals surface area contributed by atoms with Crippen molar-refractivity contribution >= 4 is 11.1 Å². The molecule has 1 heterocycles. The smallest absolute Gasteiger partial charge is 0.0894 e. The van der Waals surface area contributed by atoms with E-state index in [4.69, 9.17) is 4.98 Å². The summed E-state index contributed by atoms with van der Waals surface area (Å²) in [6, 6.07) is 19.5.